The van der Waals surface area contributed by atoms with Gasteiger partial charge in [0, 0.05) is 9.37 Å². The summed E-state index contributed by atoms with van der Waals surface area (Å²) in [7, 11) is -3.96. The average molecular weight is 502 g/mol. The minimum Gasteiger partial charge on any atom is -0.493 e. The monoisotopic (exact) mass is 501 g/mol. The lowest BCUT2D eigenvalue weighted by molar-refractivity contribution is -0.131. The average Bonchev–Trinajstić information content (AvgIpc) is 3.24. The Bertz CT molecular complexity index is 1000. The lowest BCUT2D eigenvalue weighted by Crippen LogP contribution is -2.33. The number of hydrogen-bond donors (Lipinski definition) is 5. The molecule has 1 aromatic rings. The largest absolute Gasteiger partial charge is 0.493 e. The minimum absolute atomic E-state index is 0.0195. The molecule has 0 bridgehead atoms. The molecule has 1 aliphatic carbocycles. The number of amides is 2. The Morgan fingerprint density at radius 1 is 1.10 bits per heavy atom. The van der Waals surface area contributed by atoms with E-state index >= 15 is 0 Å². The zero-order chi connectivity index (χ0) is 22.4. The van der Waals surface area contributed by atoms with Crippen LogP contribution in [0.5, 0.6) is 5.75 Å². The summed E-state index contributed by atoms with van der Waals surface area (Å²) in [5.41, 5.74) is 15.9. The molecule has 162 valence electrons. The molecule has 0 unspecified atom stereocenters. The van der Waals surface area contributed by atoms with Gasteiger partial charge in [0.2, 0.25) is 0 Å². The van der Waals surface area contributed by atoms with Crippen molar-refractivity contribution in [2.24, 2.45) is 23.1 Å². The minimum atomic E-state index is -3.96. The third-order valence-electron chi connectivity index (χ3n) is 5.28. The van der Waals surface area contributed by atoms with Crippen LogP contribution in [0, 0.1) is 5.92 Å². The molecule has 8 N–H and O–H groups in total. The van der Waals surface area contributed by atoms with E-state index in [-0.39, 0.29) is 28.3 Å². The molecule has 0 aromatic heterocycles. The molecule has 0 radical (unpaired) electrons. The molecule has 3 rings (SSSR count). The third-order valence-corrected chi connectivity index (χ3v) is 9.14. The first-order valence-electron chi connectivity index (χ1n) is 8.93. The summed E-state index contributed by atoms with van der Waals surface area (Å²) in [6.45, 7) is 0.288. The molecule has 30 heavy (non-hydrogen) atoms. The fourth-order valence-corrected chi connectivity index (χ4v) is 7.62. The van der Waals surface area contributed by atoms with E-state index in [1.165, 1.54) is 6.07 Å². The smallest absolute Gasteiger partial charge is 0.344 e. The topological polar surface area (TPSA) is 196 Å². The number of primary amides is 2. The Labute approximate surface area is 180 Å². The first-order chi connectivity index (χ1) is 14.0. The molecule has 1 fully saturated rings. The summed E-state index contributed by atoms with van der Waals surface area (Å²) in [5.74, 6) is -2.87. The molecule has 12 heteroatoms. The van der Waals surface area contributed by atoms with Gasteiger partial charge in [0.05, 0.1) is 23.4 Å². The number of nitrogens with two attached hydrogens (primary N) is 3. The van der Waals surface area contributed by atoms with Crippen molar-refractivity contribution in [1.29, 1.82) is 0 Å². The van der Waals surface area contributed by atoms with Gasteiger partial charge in [0.15, 0.2) is 0 Å². The van der Waals surface area contributed by atoms with Gasteiger partial charge in [0.25, 0.3) is 10.5 Å². The van der Waals surface area contributed by atoms with E-state index < -0.39 is 53.5 Å². The lowest BCUT2D eigenvalue weighted by Gasteiger charge is -2.31. The Hall–Kier alpha value is -2.73. The Morgan fingerprint density at radius 3 is 2.13 bits per heavy atom. The molecule has 10 nitrogen and oxygen atoms in total. The first-order valence-corrected chi connectivity index (χ1v) is 11.4. The second-order valence-electron chi connectivity index (χ2n) is 7.00. The normalized spacial score (nSPS) is 18.7. The zero-order valence-electron chi connectivity index (χ0n) is 15.6. The molecule has 0 spiro atoms. The van der Waals surface area contributed by atoms with Gasteiger partial charge in [-0.05, 0) is 50.8 Å². The van der Waals surface area contributed by atoms with E-state index in [1.807, 2.05) is 0 Å². The number of carboxylic acid groups (broad SMARTS) is 2. The fraction of sp³-hybridized carbons (Fsp3) is 0.333. The van der Waals surface area contributed by atoms with E-state index in [0.717, 1.165) is 25.7 Å². The molecule has 1 heterocycles. The van der Waals surface area contributed by atoms with Gasteiger partial charge in [0.1, 0.15) is 10.7 Å². The number of aromatic carboxylic acids is 1. The van der Waals surface area contributed by atoms with Crippen LogP contribution in [0.15, 0.2) is 20.3 Å². The van der Waals surface area contributed by atoms with E-state index in [9.17, 15) is 29.4 Å². The van der Waals surface area contributed by atoms with Crippen LogP contribution in [-0.4, -0.2) is 39.2 Å². The summed E-state index contributed by atoms with van der Waals surface area (Å²) >= 11 is 3.12. The molecule has 1 aliphatic heterocycles. The highest BCUT2D eigenvalue weighted by Gasteiger charge is 2.56. The van der Waals surface area contributed by atoms with Crippen molar-refractivity contribution in [3.63, 3.8) is 0 Å². The number of rotatable bonds is 5. The second kappa shape index (κ2) is 7.84. The van der Waals surface area contributed by atoms with Crippen molar-refractivity contribution >= 4 is 54.1 Å². The number of halogens is 1. The molecule has 0 saturated heterocycles. The quantitative estimate of drug-likeness (QED) is 0.405. The molecule has 1 aromatic carbocycles. The van der Waals surface area contributed by atoms with Crippen molar-refractivity contribution in [2.75, 3.05) is 6.61 Å². The Kier molecular flexibility index (Phi) is 5.74. The third kappa shape index (κ3) is 3.10. The van der Waals surface area contributed by atoms with Crippen LogP contribution in [0.4, 0.5) is 9.59 Å². The molecule has 1 saturated carbocycles. The number of hydrogen-bond acceptors (Lipinski definition) is 6. The summed E-state index contributed by atoms with van der Waals surface area (Å²) in [6, 6.07) is 1.33. The Balaban J connectivity index is 2.36. The van der Waals surface area contributed by atoms with Gasteiger partial charge < -0.3 is 32.2 Å². The highest BCUT2D eigenvalue weighted by atomic mass is 79.9. The molecule has 2 amide bonds. The van der Waals surface area contributed by atoms with Crippen molar-refractivity contribution in [2.45, 2.75) is 30.6 Å². The van der Waals surface area contributed by atoms with E-state index in [0.29, 0.717) is 0 Å². The number of carbonyl (C=O) groups excluding carboxylic acids is 2. The summed E-state index contributed by atoms with van der Waals surface area (Å²) in [4.78, 5) is 47.8. The number of carboxylic acids is 2. The second-order valence-corrected chi connectivity index (χ2v) is 10.7. The first kappa shape index (κ1) is 22.0. The molecular formula is C18H20BrN3O7S. The van der Waals surface area contributed by atoms with E-state index in [4.69, 9.17) is 21.9 Å². The maximum Gasteiger partial charge on any atom is 0.344 e. The van der Waals surface area contributed by atoms with Gasteiger partial charge in [-0.1, -0.05) is 12.8 Å². The fourth-order valence-electron chi connectivity index (χ4n) is 3.99. The predicted octanol–water partition coefficient (Wildman–Crippen LogP) is 2.76. The van der Waals surface area contributed by atoms with Crippen LogP contribution in [-0.2, 0) is 4.79 Å². The van der Waals surface area contributed by atoms with Gasteiger partial charge in [-0.15, -0.1) is 0 Å². The van der Waals surface area contributed by atoms with Crippen molar-refractivity contribution < 1.29 is 34.1 Å². The summed E-state index contributed by atoms with van der Waals surface area (Å²) < 4.78 is 5.86. The highest BCUT2D eigenvalue weighted by Crippen LogP contribution is 2.71. The van der Waals surface area contributed by atoms with Crippen LogP contribution in [0.1, 0.15) is 41.6 Å². The Morgan fingerprint density at radius 2 is 1.67 bits per heavy atom. The molecular weight excluding hydrogens is 482 g/mol. The number of carbonyl (C=O) groups is 4. The van der Waals surface area contributed by atoms with Crippen LogP contribution in [0.3, 0.4) is 0 Å². The van der Waals surface area contributed by atoms with Gasteiger partial charge >= 0.3 is 11.9 Å². The predicted molar refractivity (Wildman–Crippen MR) is 112 cm³/mol. The van der Waals surface area contributed by atoms with Gasteiger partial charge in [-0.25, -0.2) is 9.59 Å². The zero-order valence-corrected chi connectivity index (χ0v) is 18.0. The molecule has 0 atom stereocenters. The summed E-state index contributed by atoms with van der Waals surface area (Å²) in [6.07, 6.45) is 4.05. The maximum atomic E-state index is 12.5. The van der Waals surface area contributed by atoms with Crippen molar-refractivity contribution in [3.8, 4) is 5.75 Å². The standard InChI is InChI=1S/C18H20BrN3O7S/c19-8-5-9(29-6-7-3-1-2-4-7)11-12(20)14(16(25)26)30(17(21)27,18(22)28)13(11)10(8)15(23)24/h5,7H,1-4,6,20H2,(H2,21,27)(H2,22,28)(H,23,24)(H,25,26). The summed E-state index contributed by atoms with van der Waals surface area (Å²) in [5, 5.41) is 16.8. The number of aliphatic carboxylic acids is 1. The number of benzene rings is 1. The molecule has 2 aliphatic rings. The van der Waals surface area contributed by atoms with Crippen LogP contribution in [0.2, 0.25) is 0 Å². The van der Waals surface area contributed by atoms with Gasteiger partial charge in [-0.2, -0.15) is 0 Å². The van der Waals surface area contributed by atoms with E-state index in [2.05, 4.69) is 15.9 Å². The SMILES string of the molecule is NC(=O)S1(C(N)=O)C(C(=O)O)=C(N)c2c(OCC3CCCC3)cc(Br)c(C(=O)O)c21. The maximum absolute atomic E-state index is 12.5. The van der Waals surface area contributed by atoms with Gasteiger partial charge in [-0.3, -0.25) is 9.59 Å². The van der Waals surface area contributed by atoms with Crippen LogP contribution < -0.4 is 21.9 Å². The number of fused-ring (bicyclic) bond motifs is 1. The number of ether oxygens (including phenoxy) is 1. The highest BCUT2D eigenvalue weighted by molar-refractivity contribution is 9.10. The lowest BCUT2D eigenvalue weighted by atomic mass is 10.1. The van der Waals surface area contributed by atoms with Crippen LogP contribution >= 0.6 is 26.0 Å². The van der Waals surface area contributed by atoms with E-state index in [1.54, 1.807) is 0 Å². The van der Waals surface area contributed by atoms with Crippen molar-refractivity contribution in [3.05, 3.63) is 26.6 Å². The van der Waals surface area contributed by atoms with Crippen molar-refractivity contribution in [1.82, 2.24) is 0 Å². The van der Waals surface area contributed by atoms with Crippen LogP contribution in [0.25, 0.3) is 5.70 Å².